The second kappa shape index (κ2) is 5.90. The van der Waals surface area contributed by atoms with Crippen LogP contribution in [-0.4, -0.2) is 5.11 Å². The van der Waals surface area contributed by atoms with Crippen LogP contribution < -0.4 is 28.5 Å². The Balaban J connectivity index is 0.00000180. The highest BCUT2D eigenvalue weighted by molar-refractivity contribution is 5.75. The molecule has 0 aliphatic carbocycles. The molecular formula is C16H20INO. The molecule has 0 saturated heterocycles. The van der Waals surface area contributed by atoms with Crippen LogP contribution in [0.4, 0.5) is 0 Å². The molecule has 0 amide bonds. The molecule has 2 aromatic rings. The molecule has 0 spiro atoms. The van der Waals surface area contributed by atoms with E-state index in [1.165, 1.54) is 11.1 Å². The molecule has 0 fully saturated rings. The van der Waals surface area contributed by atoms with Gasteiger partial charge in [-0.15, -0.1) is 0 Å². The van der Waals surface area contributed by atoms with Crippen LogP contribution >= 0.6 is 0 Å². The summed E-state index contributed by atoms with van der Waals surface area (Å²) in [6.45, 7) is 8.10. The number of aromatic nitrogens is 1. The van der Waals surface area contributed by atoms with E-state index in [4.69, 9.17) is 0 Å². The second-order valence-corrected chi connectivity index (χ2v) is 4.98. The number of benzene rings is 1. The van der Waals surface area contributed by atoms with Gasteiger partial charge in [-0.25, -0.2) is 4.57 Å². The molecule has 1 heterocycles. The summed E-state index contributed by atoms with van der Waals surface area (Å²) < 4.78 is 2.02. The quantitative estimate of drug-likeness (QED) is 0.561. The van der Waals surface area contributed by atoms with Gasteiger partial charge < -0.3 is 29.1 Å². The minimum atomic E-state index is 0. The summed E-state index contributed by atoms with van der Waals surface area (Å²) >= 11 is 0. The van der Waals surface area contributed by atoms with E-state index in [9.17, 15) is 5.11 Å². The molecule has 2 nitrogen and oxygen atoms in total. The van der Waals surface area contributed by atoms with Crippen LogP contribution in [0.5, 0.6) is 5.75 Å². The van der Waals surface area contributed by atoms with Gasteiger partial charge in [-0.05, 0) is 61.1 Å². The minimum absolute atomic E-state index is 0. The van der Waals surface area contributed by atoms with Crippen LogP contribution in [0.2, 0.25) is 0 Å². The van der Waals surface area contributed by atoms with Crippen molar-refractivity contribution in [3.8, 4) is 16.9 Å². The van der Waals surface area contributed by atoms with Gasteiger partial charge in [0.1, 0.15) is 12.8 Å². The predicted octanol–water partition coefficient (Wildman–Crippen LogP) is 0.121. The maximum absolute atomic E-state index is 10.1. The van der Waals surface area contributed by atoms with E-state index < -0.39 is 0 Å². The molecule has 1 N–H and O–H groups in total. The first-order valence-corrected chi connectivity index (χ1v) is 6.18. The molecule has 2 rings (SSSR count). The number of halogens is 1. The number of nitrogens with zero attached hydrogens (tertiary/aromatic N) is 1. The molecule has 3 heteroatoms. The smallest absolute Gasteiger partial charge is 0.169 e. The molecule has 0 saturated carbocycles. The molecule has 1 aromatic carbocycles. The summed E-state index contributed by atoms with van der Waals surface area (Å²) in [4.78, 5) is 0. The average molecular weight is 369 g/mol. The van der Waals surface area contributed by atoms with Crippen molar-refractivity contribution in [2.45, 2.75) is 27.7 Å². The van der Waals surface area contributed by atoms with Gasteiger partial charge in [-0.2, -0.15) is 0 Å². The number of pyridine rings is 1. The van der Waals surface area contributed by atoms with E-state index >= 15 is 0 Å². The van der Waals surface area contributed by atoms with Crippen molar-refractivity contribution in [3.63, 3.8) is 0 Å². The molecule has 102 valence electrons. The average Bonchev–Trinajstić information content (AvgIpc) is 2.36. The number of phenolic OH excluding ortho intramolecular Hbond substituents is 1. The first-order valence-electron chi connectivity index (χ1n) is 6.18. The SMILES string of the molecule is Cc1c(C)c(-c2cc[n+](C)cc2)c(C)c(C)c1O.[I-]. The lowest BCUT2D eigenvalue weighted by Crippen LogP contribution is -3.00. The monoisotopic (exact) mass is 369 g/mol. The van der Waals surface area contributed by atoms with Gasteiger partial charge in [0.25, 0.3) is 0 Å². The second-order valence-electron chi connectivity index (χ2n) is 4.98. The van der Waals surface area contributed by atoms with Crippen LogP contribution in [0.3, 0.4) is 0 Å². The van der Waals surface area contributed by atoms with Crippen LogP contribution in [0.25, 0.3) is 11.1 Å². The van der Waals surface area contributed by atoms with Crippen LogP contribution in [-0.2, 0) is 7.05 Å². The molecule has 1 aromatic heterocycles. The molecule has 0 atom stereocenters. The van der Waals surface area contributed by atoms with E-state index in [1.54, 1.807) is 0 Å². The third-order valence-electron chi connectivity index (χ3n) is 3.85. The molecule has 0 aliphatic heterocycles. The highest BCUT2D eigenvalue weighted by Crippen LogP contribution is 2.36. The number of aromatic hydroxyl groups is 1. The highest BCUT2D eigenvalue weighted by Gasteiger charge is 2.15. The summed E-state index contributed by atoms with van der Waals surface area (Å²) in [7, 11) is 2.01. The van der Waals surface area contributed by atoms with Gasteiger partial charge in [0.15, 0.2) is 12.4 Å². The van der Waals surface area contributed by atoms with E-state index in [0.29, 0.717) is 5.75 Å². The first kappa shape index (κ1) is 16.0. The maximum atomic E-state index is 10.1. The topological polar surface area (TPSA) is 24.1 Å². The summed E-state index contributed by atoms with van der Waals surface area (Å²) in [5.41, 5.74) is 6.70. The van der Waals surface area contributed by atoms with Gasteiger partial charge in [0, 0.05) is 12.1 Å². The molecule has 0 bridgehead atoms. The number of rotatable bonds is 1. The van der Waals surface area contributed by atoms with Gasteiger partial charge >= 0.3 is 0 Å². The summed E-state index contributed by atoms with van der Waals surface area (Å²) in [6, 6.07) is 4.23. The zero-order valence-electron chi connectivity index (χ0n) is 12.1. The molecule has 0 radical (unpaired) electrons. The number of hydrogen-bond acceptors (Lipinski definition) is 1. The lowest BCUT2D eigenvalue weighted by molar-refractivity contribution is -0.671. The number of aryl methyl sites for hydroxylation is 1. The highest BCUT2D eigenvalue weighted by atomic mass is 127. The summed E-state index contributed by atoms with van der Waals surface area (Å²) in [5.74, 6) is 0.426. The van der Waals surface area contributed by atoms with Gasteiger partial charge in [-0.1, -0.05) is 0 Å². The molecule has 0 unspecified atom stereocenters. The number of phenols is 1. The zero-order chi connectivity index (χ0) is 13.4. The Labute approximate surface area is 132 Å². The first-order chi connectivity index (χ1) is 8.43. The fourth-order valence-electron chi connectivity index (χ4n) is 2.39. The summed E-state index contributed by atoms with van der Waals surface area (Å²) in [5, 5.41) is 10.1. The van der Waals surface area contributed by atoms with Crippen LogP contribution in [0.15, 0.2) is 24.5 Å². The Hall–Kier alpha value is -1.10. The molecule has 0 aliphatic rings. The van der Waals surface area contributed by atoms with E-state index in [0.717, 1.165) is 22.3 Å². The van der Waals surface area contributed by atoms with Crippen molar-refractivity contribution in [1.82, 2.24) is 0 Å². The standard InChI is InChI=1S/C16H19NO.HI/c1-10-12(3)16(18)13(4)11(2)15(10)14-6-8-17(5)9-7-14;/h6-9H,1-5H3;1H. The lowest BCUT2D eigenvalue weighted by Gasteiger charge is -2.17. The summed E-state index contributed by atoms with van der Waals surface area (Å²) in [6.07, 6.45) is 4.09. The van der Waals surface area contributed by atoms with Crippen molar-refractivity contribution in [3.05, 3.63) is 46.8 Å². The Morgan fingerprint density at radius 2 is 1.26 bits per heavy atom. The van der Waals surface area contributed by atoms with Crippen molar-refractivity contribution < 1.29 is 33.7 Å². The lowest BCUT2D eigenvalue weighted by atomic mass is 9.89. The van der Waals surface area contributed by atoms with Crippen molar-refractivity contribution >= 4 is 0 Å². The Bertz CT molecular complexity index is 574. The Kier molecular flexibility index (Phi) is 4.96. The fourth-order valence-corrected chi connectivity index (χ4v) is 2.39. The Morgan fingerprint density at radius 1 is 0.842 bits per heavy atom. The maximum Gasteiger partial charge on any atom is 0.169 e. The molecule has 19 heavy (non-hydrogen) atoms. The molecular weight excluding hydrogens is 349 g/mol. The normalized spacial score (nSPS) is 10.2. The van der Waals surface area contributed by atoms with E-state index in [2.05, 4.69) is 26.0 Å². The van der Waals surface area contributed by atoms with E-state index in [-0.39, 0.29) is 24.0 Å². The Morgan fingerprint density at radius 3 is 1.68 bits per heavy atom. The van der Waals surface area contributed by atoms with Crippen LogP contribution in [0.1, 0.15) is 22.3 Å². The third kappa shape index (κ3) is 2.76. The van der Waals surface area contributed by atoms with E-state index in [1.807, 2.05) is 37.9 Å². The predicted molar refractivity (Wildman–Crippen MR) is 73.7 cm³/mol. The fraction of sp³-hybridized carbons (Fsp3) is 0.312. The third-order valence-corrected chi connectivity index (χ3v) is 3.85. The van der Waals surface area contributed by atoms with Gasteiger partial charge in [-0.3, -0.25) is 0 Å². The van der Waals surface area contributed by atoms with Crippen molar-refractivity contribution in [1.29, 1.82) is 0 Å². The largest absolute Gasteiger partial charge is 1.00 e. The number of hydrogen-bond donors (Lipinski definition) is 1. The van der Waals surface area contributed by atoms with Crippen LogP contribution in [0, 0.1) is 27.7 Å². The minimum Gasteiger partial charge on any atom is -1.00 e. The van der Waals surface area contributed by atoms with Crippen molar-refractivity contribution in [2.24, 2.45) is 7.05 Å². The van der Waals surface area contributed by atoms with Gasteiger partial charge in [0.2, 0.25) is 0 Å². The van der Waals surface area contributed by atoms with Gasteiger partial charge in [0.05, 0.1) is 0 Å². The van der Waals surface area contributed by atoms with Crippen molar-refractivity contribution in [2.75, 3.05) is 0 Å². The zero-order valence-corrected chi connectivity index (χ0v) is 14.2.